The Labute approximate surface area is 98.5 Å². The van der Waals surface area contributed by atoms with Gasteiger partial charge in [0.25, 0.3) is 0 Å². The van der Waals surface area contributed by atoms with Gasteiger partial charge in [-0.25, -0.2) is 0 Å². The highest BCUT2D eigenvalue weighted by Gasteiger charge is 2.14. The summed E-state index contributed by atoms with van der Waals surface area (Å²) in [6.07, 6.45) is 1.52. The van der Waals surface area contributed by atoms with Crippen molar-refractivity contribution in [1.29, 1.82) is 0 Å². The smallest absolute Gasteiger partial charge is 0.322 e. The lowest BCUT2D eigenvalue weighted by Crippen LogP contribution is -2.33. The van der Waals surface area contributed by atoms with E-state index in [1.165, 1.54) is 0 Å². The van der Waals surface area contributed by atoms with Crippen molar-refractivity contribution in [2.45, 2.75) is 46.6 Å². The third-order valence-corrected chi connectivity index (χ3v) is 2.16. The molecule has 0 rings (SSSR count). The fourth-order valence-corrected chi connectivity index (χ4v) is 1.06. The molecule has 0 aliphatic rings. The van der Waals surface area contributed by atoms with Crippen molar-refractivity contribution in [3.63, 3.8) is 0 Å². The van der Waals surface area contributed by atoms with E-state index >= 15 is 0 Å². The Morgan fingerprint density at radius 1 is 1.31 bits per heavy atom. The zero-order valence-electron chi connectivity index (χ0n) is 10.9. The molecule has 0 saturated carbocycles. The van der Waals surface area contributed by atoms with E-state index in [4.69, 9.17) is 15.2 Å². The second-order valence-electron chi connectivity index (χ2n) is 5.07. The van der Waals surface area contributed by atoms with Crippen LogP contribution >= 0.6 is 0 Å². The molecule has 16 heavy (non-hydrogen) atoms. The van der Waals surface area contributed by atoms with E-state index in [0.29, 0.717) is 26.2 Å². The molecule has 0 aromatic carbocycles. The van der Waals surface area contributed by atoms with Gasteiger partial charge in [-0.05, 0) is 25.2 Å². The SMILES string of the molecule is CCOC(=O)C(N)CCOCCC(C)(C)C. The number of carbonyl (C=O) groups excluding carboxylic acids is 1. The molecule has 0 radical (unpaired) electrons. The molecule has 0 aromatic heterocycles. The van der Waals surface area contributed by atoms with Gasteiger partial charge in [-0.3, -0.25) is 4.79 Å². The van der Waals surface area contributed by atoms with Crippen LogP contribution in [-0.2, 0) is 14.3 Å². The maximum Gasteiger partial charge on any atom is 0.322 e. The van der Waals surface area contributed by atoms with Gasteiger partial charge in [0.05, 0.1) is 6.61 Å². The Kier molecular flexibility index (Phi) is 7.34. The first-order valence-electron chi connectivity index (χ1n) is 5.87. The van der Waals surface area contributed by atoms with Crippen molar-refractivity contribution in [1.82, 2.24) is 0 Å². The average Bonchev–Trinajstić information content (AvgIpc) is 2.15. The summed E-state index contributed by atoms with van der Waals surface area (Å²) in [6.45, 7) is 9.86. The van der Waals surface area contributed by atoms with Gasteiger partial charge >= 0.3 is 5.97 Å². The van der Waals surface area contributed by atoms with Crippen molar-refractivity contribution in [3.05, 3.63) is 0 Å². The first-order chi connectivity index (χ1) is 7.37. The molecule has 2 N–H and O–H groups in total. The summed E-state index contributed by atoms with van der Waals surface area (Å²) in [6, 6.07) is -0.561. The first kappa shape index (κ1) is 15.4. The van der Waals surface area contributed by atoms with E-state index in [1.54, 1.807) is 6.92 Å². The quantitative estimate of drug-likeness (QED) is 0.535. The van der Waals surface area contributed by atoms with Crippen LogP contribution in [0, 0.1) is 5.41 Å². The maximum atomic E-state index is 11.2. The molecule has 0 fully saturated rings. The van der Waals surface area contributed by atoms with E-state index in [-0.39, 0.29) is 11.4 Å². The second-order valence-corrected chi connectivity index (χ2v) is 5.07. The van der Waals surface area contributed by atoms with Gasteiger partial charge in [0.1, 0.15) is 6.04 Å². The van der Waals surface area contributed by atoms with Crippen molar-refractivity contribution < 1.29 is 14.3 Å². The molecule has 0 spiro atoms. The molecule has 96 valence electrons. The standard InChI is InChI=1S/C12H25NO3/c1-5-16-11(14)10(13)6-8-15-9-7-12(2,3)4/h10H,5-9,13H2,1-4H3. The molecule has 0 saturated heterocycles. The van der Waals surface area contributed by atoms with Gasteiger partial charge in [0, 0.05) is 13.2 Å². The summed E-state index contributed by atoms with van der Waals surface area (Å²) in [5.41, 5.74) is 5.90. The number of nitrogens with two attached hydrogens (primary N) is 1. The Morgan fingerprint density at radius 2 is 1.94 bits per heavy atom. The number of esters is 1. The van der Waals surface area contributed by atoms with Crippen molar-refractivity contribution in [2.24, 2.45) is 11.1 Å². The lowest BCUT2D eigenvalue weighted by atomic mass is 9.93. The maximum absolute atomic E-state index is 11.2. The van der Waals surface area contributed by atoms with E-state index in [2.05, 4.69) is 20.8 Å². The van der Waals surface area contributed by atoms with Crippen LogP contribution in [0.15, 0.2) is 0 Å². The zero-order valence-corrected chi connectivity index (χ0v) is 10.9. The van der Waals surface area contributed by atoms with Crippen LogP contribution in [0.25, 0.3) is 0 Å². The van der Waals surface area contributed by atoms with Gasteiger partial charge < -0.3 is 15.2 Å². The Hall–Kier alpha value is -0.610. The minimum absolute atomic E-state index is 0.281. The Balaban J connectivity index is 3.48. The van der Waals surface area contributed by atoms with Gasteiger partial charge in [-0.15, -0.1) is 0 Å². The molecule has 4 heteroatoms. The lowest BCUT2D eigenvalue weighted by molar-refractivity contribution is -0.145. The average molecular weight is 231 g/mol. The highest BCUT2D eigenvalue weighted by atomic mass is 16.5. The van der Waals surface area contributed by atoms with Crippen LogP contribution in [0.5, 0.6) is 0 Å². The Bertz CT molecular complexity index is 199. The minimum Gasteiger partial charge on any atom is -0.465 e. The van der Waals surface area contributed by atoms with Crippen LogP contribution in [-0.4, -0.2) is 31.8 Å². The van der Waals surface area contributed by atoms with E-state index in [0.717, 1.165) is 6.42 Å². The van der Waals surface area contributed by atoms with Crippen LogP contribution in [0.2, 0.25) is 0 Å². The van der Waals surface area contributed by atoms with Gasteiger partial charge in [-0.2, -0.15) is 0 Å². The fraction of sp³-hybridized carbons (Fsp3) is 0.917. The van der Waals surface area contributed by atoms with Crippen LogP contribution in [0.1, 0.15) is 40.5 Å². The van der Waals surface area contributed by atoms with Crippen LogP contribution < -0.4 is 5.73 Å². The van der Waals surface area contributed by atoms with E-state index < -0.39 is 6.04 Å². The van der Waals surface area contributed by atoms with E-state index in [9.17, 15) is 4.79 Å². The molecule has 0 bridgehead atoms. The minimum atomic E-state index is -0.561. The highest BCUT2D eigenvalue weighted by molar-refractivity contribution is 5.75. The fourth-order valence-electron chi connectivity index (χ4n) is 1.06. The summed E-state index contributed by atoms with van der Waals surface area (Å²) in [4.78, 5) is 11.2. The third kappa shape index (κ3) is 8.68. The summed E-state index contributed by atoms with van der Waals surface area (Å²) in [7, 11) is 0. The molecule has 0 aliphatic carbocycles. The molecule has 0 aliphatic heterocycles. The van der Waals surface area contributed by atoms with Crippen LogP contribution in [0.4, 0.5) is 0 Å². The van der Waals surface area contributed by atoms with Gasteiger partial charge in [-0.1, -0.05) is 20.8 Å². The molecular weight excluding hydrogens is 206 g/mol. The molecule has 0 amide bonds. The topological polar surface area (TPSA) is 61.5 Å². The predicted octanol–water partition coefficient (Wildman–Crippen LogP) is 1.72. The van der Waals surface area contributed by atoms with Crippen molar-refractivity contribution >= 4 is 5.97 Å². The zero-order chi connectivity index (χ0) is 12.6. The molecule has 0 heterocycles. The largest absolute Gasteiger partial charge is 0.465 e. The van der Waals surface area contributed by atoms with Crippen molar-refractivity contribution in [3.8, 4) is 0 Å². The second kappa shape index (κ2) is 7.63. The third-order valence-electron chi connectivity index (χ3n) is 2.16. The van der Waals surface area contributed by atoms with Gasteiger partial charge in [0.15, 0.2) is 0 Å². The molecule has 4 nitrogen and oxygen atoms in total. The summed E-state index contributed by atoms with van der Waals surface area (Å²) >= 11 is 0. The summed E-state index contributed by atoms with van der Waals surface area (Å²) in [5.74, 6) is -0.345. The number of carbonyl (C=O) groups is 1. The number of hydrogen-bond acceptors (Lipinski definition) is 4. The number of hydrogen-bond donors (Lipinski definition) is 1. The predicted molar refractivity (Wildman–Crippen MR) is 64.1 cm³/mol. The van der Waals surface area contributed by atoms with E-state index in [1.807, 2.05) is 0 Å². The summed E-state index contributed by atoms with van der Waals surface area (Å²) in [5, 5.41) is 0. The van der Waals surface area contributed by atoms with Crippen molar-refractivity contribution in [2.75, 3.05) is 19.8 Å². The summed E-state index contributed by atoms with van der Waals surface area (Å²) < 4.78 is 10.2. The first-order valence-corrected chi connectivity index (χ1v) is 5.87. The highest BCUT2D eigenvalue weighted by Crippen LogP contribution is 2.17. The van der Waals surface area contributed by atoms with Crippen LogP contribution in [0.3, 0.4) is 0 Å². The number of ether oxygens (including phenoxy) is 2. The molecular formula is C12H25NO3. The molecule has 0 aromatic rings. The lowest BCUT2D eigenvalue weighted by Gasteiger charge is -2.18. The van der Waals surface area contributed by atoms with Gasteiger partial charge in [0.2, 0.25) is 0 Å². The molecule has 1 atom stereocenters. The monoisotopic (exact) mass is 231 g/mol. The normalized spacial score (nSPS) is 13.6. The Morgan fingerprint density at radius 3 is 2.44 bits per heavy atom. The number of rotatable bonds is 7. The molecule has 1 unspecified atom stereocenters.